The Balaban J connectivity index is 1.78. The lowest BCUT2D eigenvalue weighted by atomic mass is 10.2. The molecule has 108 valence electrons. The van der Waals surface area contributed by atoms with Crippen LogP contribution in [0.2, 0.25) is 0 Å². The zero-order chi connectivity index (χ0) is 15.1. The topological polar surface area (TPSA) is 89.9 Å². The fraction of sp³-hybridized carbons (Fsp3) is 0. The lowest BCUT2D eigenvalue weighted by molar-refractivity contribution is 0.457. The summed E-state index contributed by atoms with van der Waals surface area (Å²) in [5, 5.41) is 18.7. The molecule has 22 heavy (non-hydrogen) atoms. The molecule has 3 heterocycles. The number of benzene rings is 1. The molecule has 4 rings (SSSR count). The molecule has 3 aromatic heterocycles. The monoisotopic (exact) mass is 355 g/mol. The Labute approximate surface area is 133 Å². The number of hydrogen-bond acceptors (Lipinski definition) is 4. The smallest absolute Gasteiger partial charge is 0.199 e. The summed E-state index contributed by atoms with van der Waals surface area (Å²) >= 11 is 3.38. The molecule has 0 unspecified atom stereocenters. The molecule has 7 heteroatoms. The third kappa shape index (κ3) is 2.15. The predicted octanol–water partition coefficient (Wildman–Crippen LogP) is 3.66. The zero-order valence-corrected chi connectivity index (χ0v) is 12.8. The minimum atomic E-state index is 0.0481. The van der Waals surface area contributed by atoms with Gasteiger partial charge in [0, 0.05) is 27.7 Å². The van der Waals surface area contributed by atoms with Gasteiger partial charge in [-0.25, -0.2) is 4.98 Å². The molecule has 0 aliphatic carbocycles. The molecule has 0 saturated carbocycles. The van der Waals surface area contributed by atoms with Crippen LogP contribution >= 0.6 is 15.9 Å². The van der Waals surface area contributed by atoms with E-state index in [4.69, 9.17) is 0 Å². The second kappa shape index (κ2) is 4.96. The van der Waals surface area contributed by atoms with Gasteiger partial charge < -0.3 is 10.1 Å². The van der Waals surface area contributed by atoms with Crippen molar-refractivity contribution >= 4 is 49.8 Å². The number of rotatable bonds is 2. The first-order valence-electron chi connectivity index (χ1n) is 6.54. The number of aromatic nitrogens is 4. The average Bonchev–Trinajstić information content (AvgIpc) is 3.08. The highest BCUT2D eigenvalue weighted by Crippen LogP contribution is 2.27. The first-order chi connectivity index (χ1) is 10.7. The molecule has 6 nitrogen and oxygen atoms in total. The van der Waals surface area contributed by atoms with Crippen LogP contribution in [0.1, 0.15) is 5.56 Å². The first kappa shape index (κ1) is 13.0. The van der Waals surface area contributed by atoms with Crippen LogP contribution in [0.3, 0.4) is 0 Å². The summed E-state index contributed by atoms with van der Waals surface area (Å²) < 4.78 is 0.840. The molecule has 0 radical (unpaired) electrons. The molecule has 3 N–H and O–H groups in total. The number of H-pyrrole nitrogens is 2. The van der Waals surface area contributed by atoms with Gasteiger partial charge in [0.15, 0.2) is 5.88 Å². The normalized spacial score (nSPS) is 11.9. The van der Waals surface area contributed by atoms with Crippen molar-refractivity contribution in [2.45, 2.75) is 0 Å². The molecule has 0 aliphatic heterocycles. The van der Waals surface area contributed by atoms with E-state index in [-0.39, 0.29) is 5.88 Å². The maximum Gasteiger partial charge on any atom is 0.199 e. The summed E-state index contributed by atoms with van der Waals surface area (Å²) in [6.07, 6.45) is 5.06. The van der Waals surface area contributed by atoms with Crippen LogP contribution in [0, 0.1) is 0 Å². The summed E-state index contributed by atoms with van der Waals surface area (Å²) in [5.74, 6) is 0.0481. The van der Waals surface area contributed by atoms with Gasteiger partial charge in [0.2, 0.25) is 0 Å². The highest BCUT2D eigenvalue weighted by atomic mass is 79.9. The first-order valence-corrected chi connectivity index (χ1v) is 7.33. The Hall–Kier alpha value is -2.67. The molecule has 0 amide bonds. The second-order valence-corrected chi connectivity index (χ2v) is 5.75. The minimum Gasteiger partial charge on any atom is -0.494 e. The molecular formula is C15H10BrN5O. The number of aliphatic imine (C=N–C) groups is 1. The van der Waals surface area contributed by atoms with Crippen LogP contribution in [-0.2, 0) is 0 Å². The van der Waals surface area contributed by atoms with Crippen LogP contribution < -0.4 is 0 Å². The number of fused-ring (bicyclic) bond motifs is 2. The van der Waals surface area contributed by atoms with Gasteiger partial charge in [0.1, 0.15) is 5.65 Å². The van der Waals surface area contributed by atoms with Crippen molar-refractivity contribution in [2.75, 3.05) is 0 Å². The molecule has 0 bridgehead atoms. The van der Waals surface area contributed by atoms with Crippen molar-refractivity contribution in [2.24, 2.45) is 4.99 Å². The third-order valence-corrected chi connectivity index (χ3v) is 3.84. The van der Waals surface area contributed by atoms with Gasteiger partial charge in [0.05, 0.1) is 23.0 Å². The van der Waals surface area contributed by atoms with Crippen LogP contribution in [0.5, 0.6) is 5.88 Å². The van der Waals surface area contributed by atoms with E-state index in [1.54, 1.807) is 18.6 Å². The van der Waals surface area contributed by atoms with Crippen molar-refractivity contribution in [3.63, 3.8) is 0 Å². The molecule has 1 aromatic carbocycles. The van der Waals surface area contributed by atoms with Gasteiger partial charge in [-0.15, -0.1) is 0 Å². The largest absolute Gasteiger partial charge is 0.494 e. The molecule has 0 atom stereocenters. The van der Waals surface area contributed by atoms with Crippen molar-refractivity contribution in [3.8, 4) is 5.88 Å². The van der Waals surface area contributed by atoms with Gasteiger partial charge in [-0.1, -0.05) is 0 Å². The maximum absolute atomic E-state index is 10.0. The van der Waals surface area contributed by atoms with E-state index in [0.29, 0.717) is 11.2 Å². The Kier molecular flexibility index (Phi) is 2.93. The number of halogens is 1. The lowest BCUT2D eigenvalue weighted by Crippen LogP contribution is -1.80. The summed E-state index contributed by atoms with van der Waals surface area (Å²) in [5.41, 5.74) is 2.91. The fourth-order valence-electron chi connectivity index (χ4n) is 2.33. The van der Waals surface area contributed by atoms with Gasteiger partial charge >= 0.3 is 0 Å². The van der Waals surface area contributed by atoms with Crippen LogP contribution in [-0.4, -0.2) is 31.5 Å². The van der Waals surface area contributed by atoms with Crippen molar-refractivity contribution in [1.29, 1.82) is 0 Å². The number of nitrogens with zero attached hydrogens (tertiary/aromatic N) is 3. The van der Waals surface area contributed by atoms with Gasteiger partial charge in [-0.3, -0.25) is 10.1 Å². The van der Waals surface area contributed by atoms with E-state index in [2.05, 4.69) is 41.1 Å². The third-order valence-electron chi connectivity index (χ3n) is 3.40. The van der Waals surface area contributed by atoms with E-state index < -0.39 is 0 Å². The standard InChI is InChI=1S/C15H10BrN5O/c16-9-3-11-12(15(22)20-14(11)18-6-9)7-17-10-2-1-8-5-19-21-13(8)4-10/h1-7,22H,(H,18,20)(H,19,21). The van der Waals surface area contributed by atoms with Crippen molar-refractivity contribution < 1.29 is 5.11 Å². The van der Waals surface area contributed by atoms with Gasteiger partial charge in [0.25, 0.3) is 0 Å². The predicted molar refractivity (Wildman–Crippen MR) is 88.8 cm³/mol. The highest BCUT2D eigenvalue weighted by molar-refractivity contribution is 9.10. The Bertz CT molecular complexity index is 1020. The highest BCUT2D eigenvalue weighted by Gasteiger charge is 2.10. The molecule has 0 saturated heterocycles. The molecule has 0 aliphatic rings. The number of nitrogens with one attached hydrogen (secondary N) is 2. The summed E-state index contributed by atoms with van der Waals surface area (Å²) in [6, 6.07) is 7.63. The Morgan fingerprint density at radius 1 is 1.23 bits per heavy atom. The Morgan fingerprint density at radius 2 is 2.14 bits per heavy atom. The molecule has 0 fully saturated rings. The van der Waals surface area contributed by atoms with Crippen LogP contribution in [0.4, 0.5) is 5.69 Å². The SMILES string of the molecule is Oc1[nH]c2ncc(Br)cc2c1C=Nc1ccc2cn[nH]c2c1. The summed E-state index contributed by atoms with van der Waals surface area (Å²) in [7, 11) is 0. The summed E-state index contributed by atoms with van der Waals surface area (Å²) in [4.78, 5) is 11.5. The van der Waals surface area contributed by atoms with Gasteiger partial charge in [-0.05, 0) is 40.2 Å². The van der Waals surface area contributed by atoms with E-state index in [1.807, 2.05) is 24.3 Å². The second-order valence-electron chi connectivity index (χ2n) is 4.84. The number of aromatic amines is 2. The Morgan fingerprint density at radius 3 is 3.05 bits per heavy atom. The summed E-state index contributed by atoms with van der Waals surface area (Å²) in [6.45, 7) is 0. The fourth-order valence-corrected chi connectivity index (χ4v) is 2.66. The van der Waals surface area contributed by atoms with Gasteiger partial charge in [-0.2, -0.15) is 5.10 Å². The number of aromatic hydroxyl groups is 1. The minimum absolute atomic E-state index is 0.0481. The number of hydrogen-bond donors (Lipinski definition) is 3. The van der Waals surface area contributed by atoms with Crippen molar-refractivity contribution in [3.05, 3.63) is 46.7 Å². The molecular weight excluding hydrogens is 346 g/mol. The zero-order valence-electron chi connectivity index (χ0n) is 11.2. The molecule has 0 spiro atoms. The van der Waals surface area contributed by atoms with E-state index >= 15 is 0 Å². The van der Waals surface area contributed by atoms with Crippen molar-refractivity contribution in [1.82, 2.24) is 20.2 Å². The average molecular weight is 356 g/mol. The lowest BCUT2D eigenvalue weighted by Gasteiger charge is -1.95. The number of pyridine rings is 1. The van der Waals surface area contributed by atoms with E-state index in [1.165, 1.54) is 0 Å². The molecule has 4 aromatic rings. The van der Waals surface area contributed by atoms with E-state index in [9.17, 15) is 5.11 Å². The van der Waals surface area contributed by atoms with Crippen LogP contribution in [0.15, 0.2) is 46.1 Å². The van der Waals surface area contributed by atoms with E-state index in [0.717, 1.165) is 26.4 Å². The maximum atomic E-state index is 10.0. The van der Waals surface area contributed by atoms with Crippen LogP contribution in [0.25, 0.3) is 21.9 Å². The quantitative estimate of drug-likeness (QED) is 0.479.